The molecule has 0 bridgehead atoms. The molecule has 144 heavy (non-hydrogen) atoms. The van der Waals surface area contributed by atoms with Gasteiger partial charge in [0, 0.05) is 146 Å². The average Bonchev–Trinajstić information content (AvgIpc) is 0.808. The van der Waals surface area contributed by atoms with Crippen LogP contribution >= 0.6 is 29.4 Å². The summed E-state index contributed by atoms with van der Waals surface area (Å²) in [6, 6.07) is 2.55. The highest BCUT2D eigenvalue weighted by Gasteiger charge is 2.38. The highest BCUT2D eigenvalue weighted by atomic mass is 33.1. The van der Waals surface area contributed by atoms with Crippen molar-refractivity contribution in [2.75, 3.05) is 77.0 Å². The second-order valence-electron chi connectivity index (χ2n) is 33.2. The third-order valence-electron chi connectivity index (χ3n) is 21.9. The first-order chi connectivity index (χ1) is 68.2. The summed E-state index contributed by atoms with van der Waals surface area (Å²) in [5.41, 5.74) is 8.10. The number of aliphatic carboxylic acids is 2. The molecule has 1 unspecified atom stereocenters. The van der Waals surface area contributed by atoms with Crippen molar-refractivity contribution in [3.63, 3.8) is 0 Å². The Balaban J connectivity index is 0.00000534. The molecule has 52 nitrogen and oxygen atoms in total. The number of carbonyl (C=O) groups is 14. The Morgan fingerprint density at radius 1 is 0.472 bits per heavy atom. The number of carbonyl (C=O) groups excluding carboxylic acids is 16. The van der Waals surface area contributed by atoms with Gasteiger partial charge in [-0.15, -0.1) is 0 Å². The molecule has 1 aromatic carbocycles. The summed E-state index contributed by atoms with van der Waals surface area (Å²) in [7, 11) is -0.271. The summed E-state index contributed by atoms with van der Waals surface area (Å²) >= 11 is 0. The summed E-state index contributed by atoms with van der Waals surface area (Å²) in [5, 5.41) is 185. The van der Waals surface area contributed by atoms with Crippen LogP contribution in [0.3, 0.4) is 0 Å². The number of aryl methyl sites for hydroxylation is 2. The van der Waals surface area contributed by atoms with Crippen LogP contribution in [0.25, 0.3) is 11.2 Å². The van der Waals surface area contributed by atoms with Gasteiger partial charge in [0.2, 0.25) is 47.3 Å². The highest BCUT2D eigenvalue weighted by molar-refractivity contribution is 8.76. The van der Waals surface area contributed by atoms with Crippen molar-refractivity contribution in [2.45, 2.75) is 304 Å². The van der Waals surface area contributed by atoms with Crippen LogP contribution in [0.4, 0.5) is 5.95 Å². The van der Waals surface area contributed by atoms with E-state index in [9.17, 15) is 158 Å². The topological polar surface area (TPSA) is 889 Å². The first-order valence-electron chi connectivity index (χ1n) is 46.6. The van der Waals surface area contributed by atoms with E-state index in [-0.39, 0.29) is 79.2 Å². The molecule has 2 aromatic heterocycles. The van der Waals surface area contributed by atoms with Crippen molar-refractivity contribution in [1.29, 1.82) is 0 Å². The maximum Gasteiger partial charge on any atom is 0.471 e. The fourth-order valence-corrected chi connectivity index (χ4v) is 15.9. The quantitative estimate of drug-likeness (QED) is 0.0110. The predicted molar refractivity (Wildman–Crippen MR) is 507 cm³/mol. The van der Waals surface area contributed by atoms with Crippen LogP contribution < -0.4 is 48.5 Å². The number of nitrogens with zero attached hydrogens (tertiary/aromatic N) is 3. The number of aliphatic hydroxyl groups excluding tert-OH is 15. The highest BCUT2D eigenvalue weighted by Crippen LogP contribution is 2.42. The molecule has 3 aromatic rings. The van der Waals surface area contributed by atoms with E-state index in [1.54, 1.807) is 6.20 Å². The number of carboxylic acid groups (broad SMARTS) is 2. The van der Waals surface area contributed by atoms with Crippen molar-refractivity contribution in [3.05, 3.63) is 57.6 Å². The summed E-state index contributed by atoms with van der Waals surface area (Å²) in [4.78, 5) is 254. The predicted octanol–water partition coefficient (Wildman–Crippen LogP) is -4.52. The minimum absolute atomic E-state index is 0.0110. The lowest BCUT2D eigenvalue weighted by molar-refractivity contribution is -0.193. The van der Waals surface area contributed by atoms with E-state index in [1.807, 2.05) is 24.3 Å². The van der Waals surface area contributed by atoms with E-state index in [1.165, 1.54) is 28.5 Å². The molecule has 0 saturated heterocycles. The molecule has 3 rings (SSSR count). The lowest BCUT2D eigenvalue weighted by atomic mass is 9.89. The number of unbranched alkanes of at least 4 members (excludes halogenated alkanes) is 7. The zero-order chi connectivity index (χ0) is 109. The van der Waals surface area contributed by atoms with Crippen LogP contribution in [0.1, 0.15) is 222 Å². The molecule has 814 valence electrons. The maximum atomic E-state index is 14.7. The molecule has 0 fully saturated rings. The number of hydrogen-bond donors (Lipinski definition) is 27. The van der Waals surface area contributed by atoms with E-state index < -0.39 is 298 Å². The van der Waals surface area contributed by atoms with Crippen LogP contribution in [-0.4, -0.2) is 369 Å². The number of H-pyrrole nitrogens is 1. The number of nitrogens with one attached hydrogen (secondary N) is 8. The number of anilines is 1. The van der Waals surface area contributed by atoms with Gasteiger partial charge >= 0.3 is 32.1 Å². The van der Waals surface area contributed by atoms with Gasteiger partial charge in [0.1, 0.15) is 60.7 Å². The number of hydrogen-bond acceptors (Lipinski definition) is 43. The van der Waals surface area contributed by atoms with E-state index in [0.717, 1.165) is 69.6 Å². The molecule has 0 spiro atoms. The zero-order valence-electron chi connectivity index (χ0n) is 80.4. The molecule has 28 N–H and O–H groups in total. The molecule has 0 aliphatic heterocycles. The number of aliphatic hydroxyl groups is 15. The number of carboxylic acids is 2. The summed E-state index contributed by atoms with van der Waals surface area (Å²) in [6.45, 7) is -1.38. The smallest absolute Gasteiger partial charge is 0.471 e. The van der Waals surface area contributed by atoms with Gasteiger partial charge in [-0.1, -0.05) is 91.8 Å². The second-order valence-corrected chi connectivity index (χ2v) is 37.4. The molecule has 55 heteroatoms. The first-order valence-corrected chi connectivity index (χ1v) is 50.6. The number of rotatable bonds is 77. The summed E-state index contributed by atoms with van der Waals surface area (Å²) in [6.07, 6.45) is -20.7. The Hall–Kier alpha value is -10.2. The number of amides is 7. The number of phosphoric ester groups is 1. The average molecular weight is 2110 g/mol. The Bertz CT molecular complexity index is 4570. The first kappa shape index (κ1) is 134. The number of Topliss-reactive ketones (excluding diaryl/α,β-unsaturated/α-hetero) is 5. The van der Waals surface area contributed by atoms with Gasteiger partial charge in [-0.25, -0.2) is 14.5 Å². The van der Waals surface area contributed by atoms with Crippen molar-refractivity contribution in [1.82, 2.24) is 57.2 Å². The van der Waals surface area contributed by atoms with Gasteiger partial charge in [-0.3, -0.25) is 85.9 Å². The molecular formula is C89H141N12O40PS2. The van der Waals surface area contributed by atoms with Crippen molar-refractivity contribution >= 4 is 141 Å². The van der Waals surface area contributed by atoms with Gasteiger partial charge in [0.15, 0.2) is 34.3 Å². The minimum atomic E-state index is -4.01. The molecule has 0 aliphatic rings. The Labute approximate surface area is 836 Å². The number of nitrogen functional groups attached to an aromatic ring is 1. The molecule has 18 atom stereocenters. The number of ketones is 5. The van der Waals surface area contributed by atoms with Crippen LogP contribution in [0.15, 0.2) is 35.3 Å². The zero-order valence-corrected chi connectivity index (χ0v) is 82.9. The number of nitrogens with two attached hydrogens (primary N) is 1. The van der Waals surface area contributed by atoms with E-state index in [0.29, 0.717) is 68.7 Å². The van der Waals surface area contributed by atoms with Gasteiger partial charge in [-0.05, 0) is 89.0 Å². The lowest BCUT2D eigenvalue weighted by Gasteiger charge is -2.26. The number of fused-ring (bicyclic) bond motifs is 1. The summed E-state index contributed by atoms with van der Waals surface area (Å²) < 4.78 is 20.4. The van der Waals surface area contributed by atoms with E-state index in [4.69, 9.17) is 39.6 Å². The fraction of sp³-hybridized carbons (Fsp3) is 0.685. The standard InChI is InChI=1S/C68H120N7O34PS2.C19H21N5O2.2CO2/c1-3-54(89)73-43(19-22-57(92)71-34-49(84)62(99)65(102)52(87)37-77)46(81)31-39(16-24-59(94)95)68(105)75-44(20-23-58(93)72-35-50(85)63(100)66(103)53(88)38-78)47(82)32-40(17-25-60(96)97)67(104)74-42(18-21-56(91)70-33-48(83)61(98)64(101)51(86)36-76)45(80)14-12-29-111-112-30-26-41(79)13-8-4-5-9-15-55(90)69-27-10-6-7-11-28-109-110(106,107)108-2;1-2-3-4-15(25)13-8-5-12(6-9-13)7-10-14-11-21-17-16(22-14)18(26)24-19(20)23-17;2*2-1-3/h39-40,42-44,48-53,61-66,76-78,83-88,98-103H,3-38H2,1-2H3,(H,69,90)(H,70,91)(H,71,92)(H,72,93)(H,73,89)(H,74,104)(H,75,105)(H,94,95)(H,96,97)(H,106,107);5-6,8-9,11H,2-4,7,10H2,1H3,(H3,20,21,23,24,26);;/t39-,40-,42+,43+,44+,48+,49+,50+,51-,52-,53-,61-,62-,63-,64-,65-,66-;;;/m1.../s1. The molecule has 0 radical (unpaired) electrons. The lowest BCUT2D eigenvalue weighted by Crippen LogP contribution is -2.50. The Morgan fingerprint density at radius 2 is 0.896 bits per heavy atom. The third-order valence-corrected chi connectivity index (χ3v) is 25.3. The monoisotopic (exact) mass is 2110 g/mol. The van der Waals surface area contributed by atoms with Gasteiger partial charge in [0.25, 0.3) is 5.56 Å². The molecule has 0 aliphatic carbocycles. The fourth-order valence-electron chi connectivity index (χ4n) is 13.3. The number of benzene rings is 1. The van der Waals surface area contributed by atoms with Gasteiger partial charge < -0.3 is 135 Å². The van der Waals surface area contributed by atoms with Crippen molar-refractivity contribution in [3.8, 4) is 0 Å². The largest absolute Gasteiger partial charge is 0.481 e. The third kappa shape index (κ3) is 58.8. The number of phosphoric acid groups is 1. The van der Waals surface area contributed by atoms with Crippen LogP contribution in [0.2, 0.25) is 0 Å². The van der Waals surface area contributed by atoms with Gasteiger partial charge in [0.05, 0.1) is 74.8 Å². The van der Waals surface area contributed by atoms with E-state index >= 15 is 0 Å². The van der Waals surface area contributed by atoms with Crippen LogP contribution in [0.5, 0.6) is 0 Å². The molecular weight excluding hydrogens is 1970 g/mol. The van der Waals surface area contributed by atoms with Gasteiger partial charge in [-0.2, -0.15) is 24.2 Å². The Kier molecular flexibility index (Phi) is 71.8. The summed E-state index contributed by atoms with van der Waals surface area (Å²) in [5.74, 6) is -14.4. The molecule has 2 heterocycles. The normalized spacial score (nSPS) is 15.1. The van der Waals surface area contributed by atoms with E-state index in [2.05, 4.69) is 68.6 Å². The Morgan fingerprint density at radius 3 is 1.34 bits per heavy atom. The second kappa shape index (κ2) is 77.2. The number of aromatic nitrogens is 4. The van der Waals surface area contributed by atoms with Crippen molar-refractivity contribution in [2.24, 2.45) is 11.8 Å². The SMILES string of the molecule is CCC(=O)N[C@@H](CCC(=O)NC[C@H](O)[C@@H](O)[C@H](O)[C@H](O)CO)C(=O)C[C@@H](CCC(=O)O)C(=O)N[C@@H](CCC(=O)NC[C@H](O)[C@@H](O)[C@H](O)[C@H](O)CO)C(=O)C[C@@H](CCC(=O)O)C(=O)N[C@@H](CCC(=O)NC[C@H](O)[C@@H](O)[C@H](O)[C@H](O)CO)C(=O)CCCSSCCC(=O)CCCCCCC(=O)NCCCCCCOP(=O)(O)OC.CCCCC(=O)c1ccc(CCc2cnc3nc(N)[nH]c(=O)c3n2)cc1.O=C=O.O=C=O. The van der Waals surface area contributed by atoms with Crippen LogP contribution in [0, 0.1) is 11.8 Å². The van der Waals surface area contributed by atoms with Crippen molar-refractivity contribution < 1.29 is 192 Å². The van der Waals surface area contributed by atoms with Crippen LogP contribution in [-0.2, 0) is 108 Å². The number of aromatic amines is 1. The molecule has 0 saturated carbocycles. The maximum absolute atomic E-state index is 14.7. The molecule has 7 amide bonds. The minimum Gasteiger partial charge on any atom is -0.481 e.